The molecule has 0 unspecified atom stereocenters. The summed E-state index contributed by atoms with van der Waals surface area (Å²) in [4.78, 5) is 4.24. The average Bonchev–Trinajstić information content (AvgIpc) is 2.70. The molecule has 0 radical (unpaired) electrons. The molecule has 0 aliphatic heterocycles. The van der Waals surface area contributed by atoms with Gasteiger partial charge in [-0.2, -0.15) is 0 Å². The predicted octanol–water partition coefficient (Wildman–Crippen LogP) is 1.87. The maximum Gasteiger partial charge on any atom is 0.197 e. The highest BCUT2D eigenvalue weighted by atomic mass is 16.4. The van der Waals surface area contributed by atoms with Crippen LogP contribution in [0.15, 0.2) is 10.6 Å². The Labute approximate surface area is 77.8 Å². The van der Waals surface area contributed by atoms with Gasteiger partial charge in [-0.25, -0.2) is 4.98 Å². The molecule has 0 atom stereocenters. The van der Waals surface area contributed by atoms with Crippen molar-refractivity contribution in [2.45, 2.75) is 38.0 Å². The molecule has 1 aromatic rings. The Hall–Kier alpha value is -0.830. The number of aromatic nitrogens is 1. The number of hydrogen-bond donors (Lipinski definition) is 1. The molecule has 1 aromatic heterocycles. The molecule has 0 aromatic carbocycles. The van der Waals surface area contributed by atoms with E-state index in [0.29, 0.717) is 12.3 Å². The smallest absolute Gasteiger partial charge is 0.197 e. The molecule has 2 rings (SSSR count). The molecule has 1 saturated carbocycles. The molecule has 0 bridgehead atoms. The monoisotopic (exact) mass is 181 g/mol. The Morgan fingerprint density at radius 2 is 2.23 bits per heavy atom. The minimum atomic E-state index is 0.138. The van der Waals surface area contributed by atoms with Gasteiger partial charge in [0.25, 0.3) is 0 Å². The molecule has 1 aliphatic carbocycles. The lowest BCUT2D eigenvalue weighted by molar-refractivity contribution is 0.284. The highest BCUT2D eigenvalue weighted by Crippen LogP contribution is 2.33. The van der Waals surface area contributed by atoms with E-state index in [0.717, 1.165) is 11.7 Å². The fraction of sp³-hybridized carbons (Fsp3) is 0.700. The summed E-state index contributed by atoms with van der Waals surface area (Å²) in [6, 6.07) is 0. The van der Waals surface area contributed by atoms with Gasteiger partial charge in [-0.3, -0.25) is 0 Å². The lowest BCUT2D eigenvalue weighted by Crippen LogP contribution is -1.91. The van der Waals surface area contributed by atoms with Crippen molar-refractivity contribution >= 4 is 0 Å². The average molecular weight is 181 g/mol. The van der Waals surface area contributed by atoms with Crippen LogP contribution in [0.5, 0.6) is 0 Å². The Bertz CT molecular complexity index is 264. The normalized spacial score (nSPS) is 18.2. The number of aliphatic hydroxyl groups excluding tert-OH is 1. The van der Waals surface area contributed by atoms with Crippen LogP contribution in [0, 0.1) is 0 Å². The van der Waals surface area contributed by atoms with Gasteiger partial charge in [0.2, 0.25) is 0 Å². The van der Waals surface area contributed by atoms with Gasteiger partial charge in [0.1, 0.15) is 5.76 Å². The van der Waals surface area contributed by atoms with Crippen molar-refractivity contribution in [3.8, 4) is 0 Å². The maximum atomic E-state index is 8.71. The Morgan fingerprint density at radius 1 is 1.46 bits per heavy atom. The van der Waals surface area contributed by atoms with Crippen LogP contribution in [-0.4, -0.2) is 16.7 Å². The van der Waals surface area contributed by atoms with Crippen molar-refractivity contribution in [1.82, 2.24) is 4.98 Å². The van der Waals surface area contributed by atoms with Crippen LogP contribution in [0.2, 0.25) is 0 Å². The third kappa shape index (κ3) is 1.91. The molecule has 3 heteroatoms. The summed E-state index contributed by atoms with van der Waals surface area (Å²) in [6.07, 6.45) is 7.33. The fourth-order valence-electron chi connectivity index (χ4n) is 1.91. The molecular formula is C10H15NO2. The lowest BCUT2D eigenvalue weighted by Gasteiger charge is -2.01. The minimum Gasteiger partial charge on any atom is -0.445 e. The predicted molar refractivity (Wildman–Crippen MR) is 48.5 cm³/mol. The summed E-state index contributed by atoms with van der Waals surface area (Å²) in [5.41, 5.74) is 0. The molecule has 1 aliphatic rings. The molecule has 1 heterocycles. The quantitative estimate of drug-likeness (QED) is 0.774. The van der Waals surface area contributed by atoms with Gasteiger partial charge < -0.3 is 9.52 Å². The van der Waals surface area contributed by atoms with E-state index >= 15 is 0 Å². The Morgan fingerprint density at radius 3 is 2.92 bits per heavy atom. The van der Waals surface area contributed by atoms with E-state index in [1.165, 1.54) is 25.7 Å². The summed E-state index contributed by atoms with van der Waals surface area (Å²) in [5, 5.41) is 8.71. The summed E-state index contributed by atoms with van der Waals surface area (Å²) < 4.78 is 5.54. The zero-order valence-electron chi connectivity index (χ0n) is 7.70. The molecule has 0 saturated heterocycles. The first-order valence-corrected chi connectivity index (χ1v) is 4.95. The topological polar surface area (TPSA) is 46.3 Å². The van der Waals surface area contributed by atoms with Gasteiger partial charge >= 0.3 is 0 Å². The first-order valence-electron chi connectivity index (χ1n) is 4.95. The van der Waals surface area contributed by atoms with E-state index in [2.05, 4.69) is 4.98 Å². The third-order valence-electron chi connectivity index (χ3n) is 2.63. The van der Waals surface area contributed by atoms with Gasteiger partial charge in [-0.15, -0.1) is 0 Å². The Kier molecular flexibility index (Phi) is 2.64. The second-order valence-corrected chi connectivity index (χ2v) is 3.62. The van der Waals surface area contributed by atoms with E-state index in [9.17, 15) is 0 Å². The summed E-state index contributed by atoms with van der Waals surface area (Å²) in [5.74, 6) is 2.22. The summed E-state index contributed by atoms with van der Waals surface area (Å²) in [6.45, 7) is 0.138. The van der Waals surface area contributed by atoms with Crippen LogP contribution in [-0.2, 0) is 6.42 Å². The van der Waals surface area contributed by atoms with Crippen LogP contribution < -0.4 is 0 Å². The van der Waals surface area contributed by atoms with E-state index in [1.54, 1.807) is 6.20 Å². The highest BCUT2D eigenvalue weighted by Gasteiger charge is 2.21. The maximum absolute atomic E-state index is 8.71. The molecular weight excluding hydrogens is 166 g/mol. The largest absolute Gasteiger partial charge is 0.445 e. The van der Waals surface area contributed by atoms with E-state index in [-0.39, 0.29) is 6.61 Å². The molecule has 1 fully saturated rings. The first kappa shape index (κ1) is 8.75. The van der Waals surface area contributed by atoms with Crippen molar-refractivity contribution in [2.24, 2.45) is 0 Å². The van der Waals surface area contributed by atoms with Crippen LogP contribution >= 0.6 is 0 Å². The van der Waals surface area contributed by atoms with Gasteiger partial charge in [-0.05, 0) is 12.8 Å². The van der Waals surface area contributed by atoms with E-state index < -0.39 is 0 Å². The van der Waals surface area contributed by atoms with Crippen molar-refractivity contribution < 1.29 is 9.52 Å². The highest BCUT2D eigenvalue weighted by molar-refractivity contribution is 5.00. The number of rotatable bonds is 3. The fourth-order valence-corrected chi connectivity index (χ4v) is 1.91. The van der Waals surface area contributed by atoms with Crippen molar-refractivity contribution in [1.29, 1.82) is 0 Å². The second-order valence-electron chi connectivity index (χ2n) is 3.62. The van der Waals surface area contributed by atoms with Gasteiger partial charge in [0.15, 0.2) is 5.89 Å². The zero-order valence-corrected chi connectivity index (χ0v) is 7.70. The van der Waals surface area contributed by atoms with Crippen LogP contribution in [0.1, 0.15) is 43.3 Å². The first-order chi connectivity index (χ1) is 6.40. The van der Waals surface area contributed by atoms with Crippen LogP contribution in [0.25, 0.3) is 0 Å². The summed E-state index contributed by atoms with van der Waals surface area (Å²) >= 11 is 0. The standard InChI is InChI=1S/C10H15NO2/c12-6-5-9-7-11-10(13-9)8-3-1-2-4-8/h7-8,12H,1-6H2. The lowest BCUT2D eigenvalue weighted by atomic mass is 10.1. The molecule has 3 nitrogen and oxygen atoms in total. The second kappa shape index (κ2) is 3.92. The molecule has 13 heavy (non-hydrogen) atoms. The number of nitrogens with zero attached hydrogens (tertiary/aromatic N) is 1. The number of hydrogen-bond acceptors (Lipinski definition) is 3. The molecule has 0 amide bonds. The summed E-state index contributed by atoms with van der Waals surface area (Å²) in [7, 11) is 0. The number of aliphatic hydroxyl groups is 1. The molecule has 0 spiro atoms. The minimum absolute atomic E-state index is 0.138. The van der Waals surface area contributed by atoms with Gasteiger partial charge in [0.05, 0.1) is 12.8 Å². The molecule has 1 N–H and O–H groups in total. The van der Waals surface area contributed by atoms with Crippen molar-refractivity contribution in [3.05, 3.63) is 17.8 Å². The van der Waals surface area contributed by atoms with E-state index in [4.69, 9.17) is 9.52 Å². The SMILES string of the molecule is OCCc1cnc(C2CCCC2)o1. The van der Waals surface area contributed by atoms with Gasteiger partial charge in [-0.1, -0.05) is 12.8 Å². The van der Waals surface area contributed by atoms with E-state index in [1.807, 2.05) is 0 Å². The van der Waals surface area contributed by atoms with Crippen molar-refractivity contribution in [3.63, 3.8) is 0 Å². The van der Waals surface area contributed by atoms with Crippen LogP contribution in [0.4, 0.5) is 0 Å². The number of oxazole rings is 1. The van der Waals surface area contributed by atoms with Crippen LogP contribution in [0.3, 0.4) is 0 Å². The third-order valence-corrected chi connectivity index (χ3v) is 2.63. The Balaban J connectivity index is 2.03. The van der Waals surface area contributed by atoms with Gasteiger partial charge in [0, 0.05) is 12.3 Å². The zero-order chi connectivity index (χ0) is 9.10. The van der Waals surface area contributed by atoms with Crippen molar-refractivity contribution in [2.75, 3.05) is 6.61 Å². The molecule has 72 valence electrons.